The van der Waals surface area contributed by atoms with E-state index in [1.54, 1.807) is 18.2 Å². The van der Waals surface area contributed by atoms with Gasteiger partial charge in [-0.05, 0) is 31.0 Å². The van der Waals surface area contributed by atoms with E-state index in [0.717, 1.165) is 12.0 Å². The van der Waals surface area contributed by atoms with Gasteiger partial charge in [0.2, 0.25) is 0 Å². The Kier molecular flexibility index (Phi) is 6.95. The third kappa shape index (κ3) is 4.46. The first-order chi connectivity index (χ1) is 12.9. The van der Waals surface area contributed by atoms with Crippen LogP contribution in [0.1, 0.15) is 29.3 Å². The van der Waals surface area contributed by atoms with E-state index in [4.69, 9.17) is 14.2 Å². The summed E-state index contributed by atoms with van der Waals surface area (Å²) < 4.78 is 15.1. The standard InChI is InChI=1S/C19H24N2O6/c1-5-8-20-17(22)13-7-6-12(2)15(9-13)21-11-27-10-14(18(23)25-3)16(21)19(24)26-4/h6-7,9H,5,8,10-11H2,1-4H3,(H,20,22). The second-order valence-corrected chi connectivity index (χ2v) is 5.97. The molecule has 146 valence electrons. The normalized spacial score (nSPS) is 14.0. The van der Waals surface area contributed by atoms with Crippen LogP contribution in [0.2, 0.25) is 0 Å². The zero-order chi connectivity index (χ0) is 20.0. The van der Waals surface area contributed by atoms with Crippen molar-refractivity contribution in [1.29, 1.82) is 0 Å². The van der Waals surface area contributed by atoms with Crippen molar-refractivity contribution in [3.63, 3.8) is 0 Å². The van der Waals surface area contributed by atoms with Crippen LogP contribution >= 0.6 is 0 Å². The highest BCUT2D eigenvalue weighted by Crippen LogP contribution is 2.30. The van der Waals surface area contributed by atoms with Gasteiger partial charge in [-0.15, -0.1) is 0 Å². The number of aryl methyl sites for hydroxylation is 1. The Labute approximate surface area is 158 Å². The molecule has 0 fully saturated rings. The van der Waals surface area contributed by atoms with Gasteiger partial charge in [-0.3, -0.25) is 4.79 Å². The van der Waals surface area contributed by atoms with Crippen molar-refractivity contribution in [2.75, 3.05) is 39.0 Å². The fraction of sp³-hybridized carbons (Fsp3) is 0.421. The van der Waals surface area contributed by atoms with Crippen LogP contribution in [0.3, 0.4) is 0 Å². The first-order valence-corrected chi connectivity index (χ1v) is 8.58. The van der Waals surface area contributed by atoms with Gasteiger partial charge >= 0.3 is 11.9 Å². The molecule has 0 aliphatic carbocycles. The lowest BCUT2D eigenvalue weighted by Gasteiger charge is -2.32. The largest absolute Gasteiger partial charge is 0.466 e. The summed E-state index contributed by atoms with van der Waals surface area (Å²) in [6.07, 6.45) is 0.822. The van der Waals surface area contributed by atoms with Gasteiger partial charge in [-0.25, -0.2) is 9.59 Å². The van der Waals surface area contributed by atoms with Crippen molar-refractivity contribution < 1.29 is 28.6 Å². The number of ether oxygens (including phenoxy) is 3. The molecule has 8 heteroatoms. The van der Waals surface area contributed by atoms with Gasteiger partial charge in [0, 0.05) is 17.8 Å². The van der Waals surface area contributed by atoms with Crippen molar-refractivity contribution in [3.8, 4) is 0 Å². The van der Waals surface area contributed by atoms with Crippen molar-refractivity contribution >= 4 is 23.5 Å². The van der Waals surface area contributed by atoms with Crippen molar-refractivity contribution in [2.45, 2.75) is 20.3 Å². The fourth-order valence-electron chi connectivity index (χ4n) is 2.72. The monoisotopic (exact) mass is 376 g/mol. The number of nitrogens with zero attached hydrogens (tertiary/aromatic N) is 1. The SMILES string of the molecule is CCCNC(=O)c1ccc(C)c(N2COCC(C(=O)OC)=C2C(=O)OC)c1. The molecule has 1 aliphatic heterocycles. The lowest BCUT2D eigenvalue weighted by Crippen LogP contribution is -2.39. The maximum absolute atomic E-state index is 12.4. The first kappa shape index (κ1) is 20.4. The number of carbonyl (C=O) groups is 3. The quantitative estimate of drug-likeness (QED) is 0.753. The number of nitrogens with one attached hydrogen (secondary N) is 1. The molecule has 0 saturated heterocycles. The summed E-state index contributed by atoms with van der Waals surface area (Å²) in [5, 5.41) is 2.81. The minimum atomic E-state index is -0.682. The lowest BCUT2D eigenvalue weighted by atomic mass is 10.1. The summed E-state index contributed by atoms with van der Waals surface area (Å²) in [6.45, 7) is 4.34. The molecule has 1 N–H and O–H groups in total. The molecule has 1 heterocycles. The number of anilines is 1. The minimum absolute atomic E-state index is 0.0335. The van der Waals surface area contributed by atoms with Gasteiger partial charge in [-0.2, -0.15) is 0 Å². The van der Waals surface area contributed by atoms with Crippen LogP contribution < -0.4 is 10.2 Å². The molecule has 0 aromatic heterocycles. The number of methoxy groups -OCH3 is 2. The van der Waals surface area contributed by atoms with Crippen LogP contribution in [0.5, 0.6) is 0 Å². The molecule has 1 amide bonds. The van der Waals surface area contributed by atoms with E-state index in [1.165, 1.54) is 19.1 Å². The highest BCUT2D eigenvalue weighted by Gasteiger charge is 2.33. The first-order valence-electron chi connectivity index (χ1n) is 8.58. The Bertz CT molecular complexity index is 771. The second-order valence-electron chi connectivity index (χ2n) is 5.97. The van der Waals surface area contributed by atoms with Crippen molar-refractivity contribution in [1.82, 2.24) is 5.32 Å². The van der Waals surface area contributed by atoms with E-state index in [2.05, 4.69) is 5.32 Å². The molecule has 0 atom stereocenters. The molecule has 8 nitrogen and oxygen atoms in total. The second kappa shape index (κ2) is 9.18. The molecule has 1 aromatic carbocycles. The number of amides is 1. The number of hydrogen-bond acceptors (Lipinski definition) is 7. The maximum atomic E-state index is 12.4. The Morgan fingerprint density at radius 1 is 1.19 bits per heavy atom. The molecule has 1 aliphatic rings. The van der Waals surface area contributed by atoms with Gasteiger partial charge in [0.25, 0.3) is 5.91 Å². The van der Waals surface area contributed by atoms with Crippen LogP contribution in [0, 0.1) is 6.92 Å². The number of carbonyl (C=O) groups excluding carboxylic acids is 3. The van der Waals surface area contributed by atoms with E-state index in [-0.39, 0.29) is 30.5 Å². The molecule has 27 heavy (non-hydrogen) atoms. The Balaban J connectivity index is 2.52. The maximum Gasteiger partial charge on any atom is 0.355 e. The fourth-order valence-corrected chi connectivity index (χ4v) is 2.72. The highest BCUT2D eigenvalue weighted by atomic mass is 16.5. The average molecular weight is 376 g/mol. The van der Waals surface area contributed by atoms with E-state index in [1.807, 2.05) is 13.8 Å². The molecule has 0 radical (unpaired) electrons. The topological polar surface area (TPSA) is 94.2 Å². The summed E-state index contributed by atoms with van der Waals surface area (Å²) in [5.41, 5.74) is 1.93. The number of esters is 2. The number of benzene rings is 1. The summed E-state index contributed by atoms with van der Waals surface area (Å²) in [5.74, 6) is -1.57. The summed E-state index contributed by atoms with van der Waals surface area (Å²) in [7, 11) is 2.46. The Morgan fingerprint density at radius 2 is 1.89 bits per heavy atom. The molecular weight excluding hydrogens is 352 g/mol. The van der Waals surface area contributed by atoms with Gasteiger partial charge in [0.1, 0.15) is 12.4 Å². The third-order valence-electron chi connectivity index (χ3n) is 4.13. The van der Waals surface area contributed by atoms with Crippen LogP contribution in [0.25, 0.3) is 0 Å². The van der Waals surface area contributed by atoms with Crippen molar-refractivity contribution in [3.05, 3.63) is 40.6 Å². The van der Waals surface area contributed by atoms with Crippen LogP contribution in [0.4, 0.5) is 5.69 Å². The number of rotatable bonds is 6. The van der Waals surface area contributed by atoms with E-state index in [9.17, 15) is 14.4 Å². The average Bonchev–Trinajstić information content (AvgIpc) is 2.70. The molecule has 2 rings (SSSR count). The molecule has 0 spiro atoms. The van der Waals surface area contributed by atoms with Gasteiger partial charge in [0.15, 0.2) is 0 Å². The molecule has 0 bridgehead atoms. The summed E-state index contributed by atoms with van der Waals surface area (Å²) in [6, 6.07) is 5.14. The predicted octanol–water partition coefficient (Wildman–Crippen LogP) is 1.53. The summed E-state index contributed by atoms with van der Waals surface area (Å²) >= 11 is 0. The minimum Gasteiger partial charge on any atom is -0.466 e. The van der Waals surface area contributed by atoms with Crippen molar-refractivity contribution in [2.24, 2.45) is 0 Å². The van der Waals surface area contributed by atoms with Crippen LogP contribution in [-0.4, -0.2) is 51.9 Å². The number of hydrogen-bond donors (Lipinski definition) is 1. The van der Waals surface area contributed by atoms with Crippen LogP contribution in [0.15, 0.2) is 29.5 Å². The van der Waals surface area contributed by atoms with Gasteiger partial charge in [-0.1, -0.05) is 13.0 Å². The van der Waals surface area contributed by atoms with Crippen LogP contribution in [-0.2, 0) is 23.8 Å². The zero-order valence-corrected chi connectivity index (χ0v) is 16.0. The van der Waals surface area contributed by atoms with E-state index in [0.29, 0.717) is 17.8 Å². The predicted molar refractivity (Wildman–Crippen MR) is 98.2 cm³/mol. The molecule has 0 saturated carbocycles. The molecule has 1 aromatic rings. The zero-order valence-electron chi connectivity index (χ0n) is 16.0. The highest BCUT2D eigenvalue weighted by molar-refractivity contribution is 6.04. The Morgan fingerprint density at radius 3 is 2.52 bits per heavy atom. The lowest BCUT2D eigenvalue weighted by molar-refractivity contribution is -0.140. The van der Waals surface area contributed by atoms with E-state index >= 15 is 0 Å². The Hall–Kier alpha value is -2.87. The molecular formula is C19H24N2O6. The third-order valence-corrected chi connectivity index (χ3v) is 4.13. The van der Waals surface area contributed by atoms with E-state index < -0.39 is 11.9 Å². The summed E-state index contributed by atoms with van der Waals surface area (Å²) in [4.78, 5) is 38.3. The molecule has 0 unspecified atom stereocenters. The van der Waals surface area contributed by atoms with Gasteiger partial charge < -0.3 is 24.4 Å². The smallest absolute Gasteiger partial charge is 0.355 e. The van der Waals surface area contributed by atoms with Gasteiger partial charge in [0.05, 0.1) is 26.4 Å².